The van der Waals surface area contributed by atoms with E-state index in [1.165, 1.54) is 5.82 Å². The lowest BCUT2D eigenvalue weighted by molar-refractivity contribution is 0.649. The summed E-state index contributed by atoms with van der Waals surface area (Å²) >= 11 is 0. The van der Waals surface area contributed by atoms with Gasteiger partial charge in [0, 0.05) is 26.2 Å². The van der Waals surface area contributed by atoms with Crippen LogP contribution >= 0.6 is 0 Å². The van der Waals surface area contributed by atoms with Crippen LogP contribution in [-0.4, -0.2) is 23.4 Å². The van der Waals surface area contributed by atoms with Gasteiger partial charge in [-0.25, -0.2) is 0 Å². The second kappa shape index (κ2) is 11.1. The molecular weight excluding hydrogens is 186 g/mol. The van der Waals surface area contributed by atoms with Crippen LogP contribution in [-0.2, 0) is 6.54 Å². The number of aryl methyl sites for hydroxylation is 1. The van der Waals surface area contributed by atoms with Crippen LogP contribution in [0.1, 0.15) is 41.5 Å². The summed E-state index contributed by atoms with van der Waals surface area (Å²) in [7, 11) is 2.07. The molecule has 0 aliphatic heterocycles. The molecule has 15 heavy (non-hydrogen) atoms. The van der Waals surface area contributed by atoms with Gasteiger partial charge in [-0.2, -0.15) is 5.10 Å². The summed E-state index contributed by atoms with van der Waals surface area (Å²) in [6.45, 7) is 14.2. The third kappa shape index (κ3) is 5.45. The predicted octanol–water partition coefficient (Wildman–Crippen LogP) is 3.41. The first kappa shape index (κ1) is 16.4. The normalized spacial score (nSPS) is 8.20. The monoisotopic (exact) mass is 213 g/mol. The van der Waals surface area contributed by atoms with Crippen LogP contribution < -0.4 is 4.90 Å². The highest BCUT2D eigenvalue weighted by molar-refractivity contribution is 5.36. The highest BCUT2D eigenvalue weighted by Crippen LogP contribution is 2.09. The average Bonchev–Trinajstić information content (AvgIpc) is 2.81. The molecule has 0 unspecified atom stereocenters. The first-order valence-electron chi connectivity index (χ1n) is 6.02. The van der Waals surface area contributed by atoms with Crippen LogP contribution in [0.3, 0.4) is 0 Å². The molecule has 3 heteroatoms. The standard InChI is InChI=1S/C8H15N3.2C2H6/c1-4-10(3)8-6-7-9-11(8)5-2;2*1-2/h6-7H,4-5H2,1-3H3;2*1-2H3. The fourth-order valence-electron chi connectivity index (χ4n) is 1.06. The van der Waals surface area contributed by atoms with Gasteiger partial charge in [-0.15, -0.1) is 0 Å². The first-order chi connectivity index (χ1) is 7.29. The van der Waals surface area contributed by atoms with Gasteiger partial charge >= 0.3 is 0 Å². The summed E-state index contributed by atoms with van der Waals surface area (Å²) < 4.78 is 1.99. The first-order valence-corrected chi connectivity index (χ1v) is 6.02. The van der Waals surface area contributed by atoms with E-state index in [1.807, 2.05) is 44.6 Å². The van der Waals surface area contributed by atoms with E-state index in [9.17, 15) is 0 Å². The molecule has 0 bridgehead atoms. The van der Waals surface area contributed by atoms with Gasteiger partial charge in [-0.3, -0.25) is 4.68 Å². The van der Waals surface area contributed by atoms with E-state index in [-0.39, 0.29) is 0 Å². The minimum Gasteiger partial charge on any atom is -0.360 e. The zero-order chi connectivity index (χ0) is 12.3. The van der Waals surface area contributed by atoms with Crippen molar-refractivity contribution in [2.45, 2.75) is 48.1 Å². The zero-order valence-electron chi connectivity index (χ0n) is 11.4. The number of hydrogen-bond acceptors (Lipinski definition) is 2. The van der Waals surface area contributed by atoms with Crippen LogP contribution in [0.2, 0.25) is 0 Å². The Kier molecular flexibility index (Phi) is 12.2. The van der Waals surface area contributed by atoms with Crippen molar-refractivity contribution in [3.05, 3.63) is 12.3 Å². The molecule has 0 aromatic carbocycles. The van der Waals surface area contributed by atoms with Gasteiger partial charge < -0.3 is 4.90 Å². The molecule has 0 amide bonds. The molecular formula is C12H27N3. The number of anilines is 1. The molecule has 0 radical (unpaired) electrons. The molecule has 1 aromatic rings. The van der Waals surface area contributed by atoms with E-state index < -0.39 is 0 Å². The minimum atomic E-state index is 0.937. The molecule has 0 aliphatic carbocycles. The molecule has 0 spiro atoms. The molecule has 1 rings (SSSR count). The van der Waals surface area contributed by atoms with Crippen molar-refractivity contribution < 1.29 is 0 Å². The fraction of sp³-hybridized carbons (Fsp3) is 0.750. The lowest BCUT2D eigenvalue weighted by atomic mass is 10.5. The molecule has 0 fully saturated rings. The van der Waals surface area contributed by atoms with Gasteiger partial charge in [0.05, 0.1) is 6.20 Å². The van der Waals surface area contributed by atoms with Crippen molar-refractivity contribution in [2.75, 3.05) is 18.5 Å². The fourth-order valence-corrected chi connectivity index (χ4v) is 1.06. The Labute approximate surface area is 95.1 Å². The van der Waals surface area contributed by atoms with Crippen LogP contribution in [0, 0.1) is 0 Å². The summed E-state index contributed by atoms with van der Waals surface area (Å²) in [6, 6.07) is 2.03. The smallest absolute Gasteiger partial charge is 0.126 e. The Hall–Kier alpha value is -0.990. The maximum atomic E-state index is 4.18. The van der Waals surface area contributed by atoms with Crippen molar-refractivity contribution in [1.29, 1.82) is 0 Å². The number of aromatic nitrogens is 2. The largest absolute Gasteiger partial charge is 0.360 e. The maximum Gasteiger partial charge on any atom is 0.126 e. The lowest BCUT2D eigenvalue weighted by Gasteiger charge is -2.16. The van der Waals surface area contributed by atoms with Gasteiger partial charge in [0.2, 0.25) is 0 Å². The zero-order valence-corrected chi connectivity index (χ0v) is 11.4. The molecule has 0 saturated carbocycles. The highest BCUT2D eigenvalue weighted by atomic mass is 15.4. The van der Waals surface area contributed by atoms with Crippen LogP contribution in [0.25, 0.3) is 0 Å². The number of hydrogen-bond donors (Lipinski definition) is 0. The van der Waals surface area contributed by atoms with Gasteiger partial charge in [0.15, 0.2) is 0 Å². The van der Waals surface area contributed by atoms with Crippen LogP contribution in [0.5, 0.6) is 0 Å². The Morgan fingerprint density at radius 1 is 1.20 bits per heavy atom. The van der Waals surface area contributed by atoms with Gasteiger partial charge in [-0.05, 0) is 13.8 Å². The third-order valence-corrected chi connectivity index (χ3v) is 1.86. The number of nitrogens with zero attached hydrogens (tertiary/aromatic N) is 3. The topological polar surface area (TPSA) is 21.1 Å². The number of rotatable bonds is 3. The second-order valence-electron chi connectivity index (χ2n) is 2.52. The maximum absolute atomic E-state index is 4.18. The van der Waals surface area contributed by atoms with E-state index in [1.54, 1.807) is 0 Å². The molecule has 0 N–H and O–H groups in total. The average molecular weight is 213 g/mol. The van der Waals surface area contributed by atoms with Gasteiger partial charge in [-0.1, -0.05) is 27.7 Å². The molecule has 3 nitrogen and oxygen atoms in total. The molecule has 0 saturated heterocycles. The lowest BCUT2D eigenvalue weighted by Crippen LogP contribution is -2.19. The molecule has 90 valence electrons. The van der Waals surface area contributed by atoms with Crippen molar-refractivity contribution in [2.24, 2.45) is 0 Å². The van der Waals surface area contributed by atoms with Crippen molar-refractivity contribution in [3.8, 4) is 0 Å². The van der Waals surface area contributed by atoms with Gasteiger partial charge in [0.1, 0.15) is 5.82 Å². The Morgan fingerprint density at radius 2 is 1.73 bits per heavy atom. The van der Waals surface area contributed by atoms with Crippen LogP contribution in [0.15, 0.2) is 12.3 Å². The SMILES string of the molecule is CC.CC.CCN(C)c1ccnn1CC. The summed E-state index contributed by atoms with van der Waals surface area (Å²) in [4.78, 5) is 2.18. The minimum absolute atomic E-state index is 0.937. The van der Waals surface area contributed by atoms with Crippen molar-refractivity contribution in [3.63, 3.8) is 0 Å². The molecule has 1 aromatic heterocycles. The third-order valence-electron chi connectivity index (χ3n) is 1.86. The summed E-state index contributed by atoms with van der Waals surface area (Å²) in [5.41, 5.74) is 0. The van der Waals surface area contributed by atoms with E-state index in [0.717, 1.165) is 13.1 Å². The van der Waals surface area contributed by atoms with Crippen molar-refractivity contribution in [1.82, 2.24) is 9.78 Å². The summed E-state index contributed by atoms with van der Waals surface area (Å²) in [6.07, 6.45) is 1.84. The predicted molar refractivity (Wildman–Crippen MR) is 69.5 cm³/mol. The van der Waals surface area contributed by atoms with E-state index in [4.69, 9.17) is 0 Å². The quantitative estimate of drug-likeness (QED) is 0.767. The Bertz CT molecular complexity index is 218. The molecule has 1 heterocycles. The Balaban J connectivity index is 0. The van der Waals surface area contributed by atoms with Crippen LogP contribution in [0.4, 0.5) is 5.82 Å². The highest BCUT2D eigenvalue weighted by Gasteiger charge is 2.02. The van der Waals surface area contributed by atoms with Gasteiger partial charge in [0.25, 0.3) is 0 Å². The molecule has 0 atom stereocenters. The summed E-state index contributed by atoms with van der Waals surface area (Å²) in [5, 5.41) is 4.18. The van der Waals surface area contributed by atoms with Crippen molar-refractivity contribution >= 4 is 5.82 Å². The Morgan fingerprint density at radius 3 is 2.13 bits per heavy atom. The van der Waals surface area contributed by atoms with E-state index in [0.29, 0.717) is 0 Å². The second-order valence-corrected chi connectivity index (χ2v) is 2.52. The van der Waals surface area contributed by atoms with E-state index in [2.05, 4.69) is 30.9 Å². The molecule has 0 aliphatic rings. The van der Waals surface area contributed by atoms with E-state index >= 15 is 0 Å². The summed E-state index contributed by atoms with van der Waals surface area (Å²) in [5.74, 6) is 1.19.